The number of anilines is 3. The van der Waals surface area contributed by atoms with Crippen molar-refractivity contribution in [2.75, 3.05) is 4.90 Å². The van der Waals surface area contributed by atoms with Gasteiger partial charge >= 0.3 is 0 Å². The molecule has 3 nitrogen and oxygen atoms in total. The van der Waals surface area contributed by atoms with Crippen LogP contribution in [-0.2, 0) is 0 Å². The molecular weight excluding hydrogens is 753 g/mol. The summed E-state index contributed by atoms with van der Waals surface area (Å²) in [6, 6.07) is 80.9. The number of hydrogen-bond donors (Lipinski definition) is 0. The van der Waals surface area contributed by atoms with Crippen LogP contribution in [-0.4, -0.2) is 4.57 Å². The highest BCUT2D eigenvalue weighted by atomic mass is 16.3. The Kier molecular flexibility index (Phi) is 8.39. The molecule has 0 bridgehead atoms. The molecule has 2 aromatic heterocycles. The molecule has 0 radical (unpaired) electrons. The van der Waals surface area contributed by atoms with Gasteiger partial charge < -0.3 is 13.9 Å². The number of hydrogen-bond acceptors (Lipinski definition) is 2. The van der Waals surface area contributed by atoms with E-state index >= 15 is 0 Å². The average molecular weight is 793 g/mol. The third-order valence-electron chi connectivity index (χ3n) is 12.5. The summed E-state index contributed by atoms with van der Waals surface area (Å²) in [6.45, 7) is 2.21. The van der Waals surface area contributed by atoms with Gasteiger partial charge in [0.15, 0.2) is 0 Å². The van der Waals surface area contributed by atoms with E-state index in [0.29, 0.717) is 0 Å². The van der Waals surface area contributed by atoms with E-state index in [-0.39, 0.29) is 0 Å². The van der Waals surface area contributed by atoms with Crippen LogP contribution in [0.2, 0.25) is 0 Å². The molecule has 0 N–H and O–H groups in total. The number of fused-ring (bicyclic) bond motifs is 7. The van der Waals surface area contributed by atoms with Crippen molar-refractivity contribution in [2.45, 2.75) is 6.92 Å². The molecule has 62 heavy (non-hydrogen) atoms. The lowest BCUT2D eigenvalue weighted by Crippen LogP contribution is -2.11. The van der Waals surface area contributed by atoms with Crippen molar-refractivity contribution < 1.29 is 4.42 Å². The molecule has 2 heterocycles. The van der Waals surface area contributed by atoms with Gasteiger partial charge in [0.2, 0.25) is 0 Å². The van der Waals surface area contributed by atoms with Gasteiger partial charge in [-0.2, -0.15) is 0 Å². The normalized spacial score (nSPS) is 11.6. The van der Waals surface area contributed by atoms with E-state index in [1.165, 1.54) is 60.4 Å². The topological polar surface area (TPSA) is 21.3 Å². The highest BCUT2D eigenvalue weighted by Crippen LogP contribution is 2.47. The van der Waals surface area contributed by atoms with Crippen LogP contribution in [0.5, 0.6) is 0 Å². The number of rotatable bonds is 7. The first-order valence-electron chi connectivity index (χ1n) is 21.3. The van der Waals surface area contributed by atoms with Gasteiger partial charge in [-0.25, -0.2) is 0 Å². The molecule has 0 aliphatic carbocycles. The summed E-state index contributed by atoms with van der Waals surface area (Å²) in [5, 5.41) is 7.12. The molecular formula is C59H40N2O. The molecule has 0 unspecified atom stereocenters. The summed E-state index contributed by atoms with van der Waals surface area (Å²) in [7, 11) is 0. The predicted octanol–water partition coefficient (Wildman–Crippen LogP) is 16.6. The number of furan rings is 1. The van der Waals surface area contributed by atoms with Crippen LogP contribution in [0.1, 0.15) is 5.56 Å². The summed E-state index contributed by atoms with van der Waals surface area (Å²) < 4.78 is 9.34. The molecule has 0 aliphatic rings. The van der Waals surface area contributed by atoms with E-state index in [4.69, 9.17) is 4.42 Å². The van der Waals surface area contributed by atoms with Gasteiger partial charge in [0.1, 0.15) is 11.2 Å². The van der Waals surface area contributed by atoms with Crippen molar-refractivity contribution in [3.8, 4) is 39.1 Å². The van der Waals surface area contributed by atoms with Gasteiger partial charge in [0, 0.05) is 38.8 Å². The standard InChI is InChI=1S/C59H40N2O/c1-39-37-46(33-34-47(39)40-15-3-2-4-16-40)60(44-31-29-42(30-32-44)49-25-14-18-41-17-5-6-21-48(41)49)56-36-35-50(59-58(56)53-24-9-12-28-57(53)62-59)43-19-13-20-45(38-43)61-54-26-10-7-22-51(54)52-23-8-11-27-55(52)61/h2-38H,1H3. The summed E-state index contributed by atoms with van der Waals surface area (Å²) in [5.74, 6) is 0. The van der Waals surface area contributed by atoms with E-state index < -0.39 is 0 Å². The fourth-order valence-electron chi connectivity index (χ4n) is 9.66. The van der Waals surface area contributed by atoms with Crippen LogP contribution >= 0.6 is 0 Å². The Morgan fingerprint density at radius 3 is 1.77 bits per heavy atom. The number of para-hydroxylation sites is 3. The Balaban J connectivity index is 1.06. The second-order valence-corrected chi connectivity index (χ2v) is 16.1. The zero-order valence-electron chi connectivity index (χ0n) is 34.2. The van der Waals surface area contributed by atoms with Crippen LogP contribution in [0.15, 0.2) is 229 Å². The van der Waals surface area contributed by atoms with Crippen molar-refractivity contribution >= 4 is 71.6 Å². The van der Waals surface area contributed by atoms with E-state index in [1.807, 2.05) is 0 Å². The molecule has 12 aromatic rings. The van der Waals surface area contributed by atoms with Gasteiger partial charge in [-0.1, -0.05) is 158 Å². The van der Waals surface area contributed by atoms with E-state index in [9.17, 15) is 0 Å². The van der Waals surface area contributed by atoms with Gasteiger partial charge in [0.05, 0.1) is 22.1 Å². The quantitative estimate of drug-likeness (QED) is 0.160. The Hall–Kier alpha value is -8.14. The molecule has 0 aliphatic heterocycles. The Labute approximate surface area is 360 Å². The van der Waals surface area contributed by atoms with Crippen LogP contribution in [0.25, 0.3) is 93.6 Å². The van der Waals surface area contributed by atoms with Crippen molar-refractivity contribution in [1.29, 1.82) is 0 Å². The summed E-state index contributed by atoms with van der Waals surface area (Å²) in [4.78, 5) is 2.40. The molecule has 0 atom stereocenters. The van der Waals surface area contributed by atoms with Gasteiger partial charge in [-0.3, -0.25) is 0 Å². The van der Waals surface area contributed by atoms with Crippen LogP contribution < -0.4 is 4.90 Å². The number of aryl methyl sites for hydroxylation is 1. The minimum atomic E-state index is 0.858. The molecule has 0 saturated carbocycles. The maximum Gasteiger partial charge on any atom is 0.145 e. The average Bonchev–Trinajstić information content (AvgIpc) is 3.89. The zero-order chi connectivity index (χ0) is 41.1. The molecule has 10 aromatic carbocycles. The summed E-state index contributed by atoms with van der Waals surface area (Å²) in [6.07, 6.45) is 0. The third-order valence-corrected chi connectivity index (χ3v) is 12.5. The lowest BCUT2D eigenvalue weighted by molar-refractivity contribution is 0.670. The summed E-state index contributed by atoms with van der Waals surface area (Å²) >= 11 is 0. The van der Waals surface area contributed by atoms with Crippen molar-refractivity contribution in [3.05, 3.63) is 230 Å². The highest BCUT2D eigenvalue weighted by Gasteiger charge is 2.23. The van der Waals surface area contributed by atoms with Crippen LogP contribution in [0.4, 0.5) is 17.1 Å². The molecule has 3 heteroatoms. The summed E-state index contributed by atoms with van der Waals surface area (Å²) in [5.41, 5.74) is 16.6. The highest BCUT2D eigenvalue weighted by molar-refractivity contribution is 6.17. The second-order valence-electron chi connectivity index (χ2n) is 16.1. The first-order valence-corrected chi connectivity index (χ1v) is 21.3. The van der Waals surface area contributed by atoms with Gasteiger partial charge in [0.25, 0.3) is 0 Å². The molecule has 0 spiro atoms. The molecule has 292 valence electrons. The largest absolute Gasteiger partial charge is 0.455 e. The van der Waals surface area contributed by atoms with Crippen molar-refractivity contribution in [1.82, 2.24) is 4.57 Å². The first kappa shape index (κ1) is 35.8. The SMILES string of the molecule is Cc1cc(N(c2ccc(-c3cccc4ccccc34)cc2)c2ccc(-c3cccc(-n4c5ccccc5c5ccccc54)c3)c3oc4ccccc4c23)ccc1-c1ccccc1. The van der Waals surface area contributed by atoms with Gasteiger partial charge in [-0.15, -0.1) is 0 Å². The monoisotopic (exact) mass is 792 g/mol. The lowest BCUT2D eigenvalue weighted by Gasteiger charge is -2.28. The van der Waals surface area contributed by atoms with Crippen molar-refractivity contribution in [2.24, 2.45) is 0 Å². The lowest BCUT2D eigenvalue weighted by atomic mass is 9.96. The minimum absolute atomic E-state index is 0.858. The Morgan fingerprint density at radius 1 is 0.403 bits per heavy atom. The maximum atomic E-state index is 6.96. The molecule has 12 rings (SSSR count). The molecule has 0 saturated heterocycles. The number of benzene rings is 10. The van der Waals surface area contributed by atoms with E-state index in [2.05, 4.69) is 241 Å². The Bertz CT molecular complexity index is 3590. The number of aromatic nitrogens is 1. The third kappa shape index (κ3) is 5.82. The fourth-order valence-corrected chi connectivity index (χ4v) is 9.66. The first-order chi connectivity index (χ1) is 30.7. The molecule has 0 fully saturated rings. The Morgan fingerprint density at radius 2 is 1.00 bits per heavy atom. The molecule has 0 amide bonds. The van der Waals surface area contributed by atoms with E-state index in [0.717, 1.165) is 55.8 Å². The van der Waals surface area contributed by atoms with Crippen molar-refractivity contribution in [3.63, 3.8) is 0 Å². The maximum absolute atomic E-state index is 6.96. The minimum Gasteiger partial charge on any atom is -0.455 e. The number of nitrogens with zero attached hydrogens (tertiary/aromatic N) is 2. The smallest absolute Gasteiger partial charge is 0.145 e. The fraction of sp³-hybridized carbons (Fsp3) is 0.0169. The predicted molar refractivity (Wildman–Crippen MR) is 261 cm³/mol. The van der Waals surface area contributed by atoms with Gasteiger partial charge in [-0.05, 0) is 118 Å². The zero-order valence-corrected chi connectivity index (χ0v) is 34.2. The van der Waals surface area contributed by atoms with Crippen LogP contribution in [0, 0.1) is 6.92 Å². The van der Waals surface area contributed by atoms with Crippen LogP contribution in [0.3, 0.4) is 0 Å². The van der Waals surface area contributed by atoms with E-state index in [1.54, 1.807) is 0 Å². The second kappa shape index (κ2) is 14.5.